The zero-order valence-corrected chi connectivity index (χ0v) is 9.13. The number of furan rings is 1. The fourth-order valence-electron chi connectivity index (χ4n) is 1.95. The molecule has 1 aromatic rings. The predicted molar refractivity (Wildman–Crippen MR) is 54.6 cm³/mol. The fraction of sp³-hybridized carbons (Fsp3) is 0.500. The predicted octanol–water partition coefficient (Wildman–Crippen LogP) is 1.68. The van der Waals surface area contributed by atoms with E-state index < -0.39 is 5.54 Å². The Hall–Kier alpha value is -1.00. The number of hydrogen-bond acceptors (Lipinski definition) is 4. The summed E-state index contributed by atoms with van der Waals surface area (Å²) in [7, 11) is 1.37. The summed E-state index contributed by atoms with van der Waals surface area (Å²) in [5.74, 6) is 0.197. The number of carbonyl (C=O) groups excluding carboxylic acids is 1. The van der Waals surface area contributed by atoms with Crippen molar-refractivity contribution in [3.63, 3.8) is 0 Å². The maximum absolute atomic E-state index is 11.8. The van der Waals surface area contributed by atoms with Gasteiger partial charge in [0.05, 0.1) is 7.11 Å². The molecule has 0 aromatic carbocycles. The van der Waals surface area contributed by atoms with Crippen LogP contribution >= 0.6 is 11.6 Å². The minimum Gasteiger partial charge on any atom is -0.467 e. The average Bonchev–Trinajstić information content (AvgIpc) is 2.85. The quantitative estimate of drug-likeness (QED) is 0.784. The van der Waals surface area contributed by atoms with Crippen molar-refractivity contribution in [2.75, 3.05) is 13.7 Å². The number of halogens is 1. The normalized spacial score (nSPS) is 25.5. The molecule has 1 aromatic heterocycles. The standard InChI is InChI=1S/C10H12ClNO3/c1-14-9(13)10(5-2-6-12-10)7-3-4-8(11)15-7/h3-4,12H,2,5-6H2,1H3. The number of ether oxygens (including phenoxy) is 1. The summed E-state index contributed by atoms with van der Waals surface area (Å²) in [6.07, 6.45) is 1.58. The number of carbonyl (C=O) groups is 1. The molecule has 4 nitrogen and oxygen atoms in total. The summed E-state index contributed by atoms with van der Waals surface area (Å²) in [4.78, 5) is 11.8. The van der Waals surface area contributed by atoms with Gasteiger partial charge in [0, 0.05) is 0 Å². The molecule has 0 aliphatic carbocycles. The van der Waals surface area contributed by atoms with E-state index in [1.807, 2.05) is 0 Å². The Kier molecular flexibility index (Phi) is 2.71. The molecule has 82 valence electrons. The lowest BCUT2D eigenvalue weighted by Gasteiger charge is -2.23. The van der Waals surface area contributed by atoms with E-state index in [0.717, 1.165) is 13.0 Å². The van der Waals surface area contributed by atoms with E-state index in [9.17, 15) is 4.79 Å². The number of hydrogen-bond donors (Lipinski definition) is 1. The van der Waals surface area contributed by atoms with Crippen LogP contribution < -0.4 is 5.32 Å². The summed E-state index contributed by atoms with van der Waals surface area (Å²) in [6, 6.07) is 3.33. The van der Waals surface area contributed by atoms with Crippen LogP contribution in [-0.2, 0) is 15.1 Å². The number of rotatable bonds is 2. The van der Waals surface area contributed by atoms with Crippen molar-refractivity contribution in [2.45, 2.75) is 18.4 Å². The van der Waals surface area contributed by atoms with Crippen LogP contribution in [0.25, 0.3) is 0 Å². The second-order valence-corrected chi connectivity index (χ2v) is 3.90. The molecule has 1 atom stereocenters. The second-order valence-electron chi connectivity index (χ2n) is 3.53. The molecule has 0 spiro atoms. The van der Waals surface area contributed by atoms with E-state index in [1.54, 1.807) is 12.1 Å². The van der Waals surface area contributed by atoms with Gasteiger partial charge in [-0.15, -0.1) is 0 Å². The van der Waals surface area contributed by atoms with E-state index in [1.165, 1.54) is 7.11 Å². The molecule has 1 aliphatic rings. The molecule has 0 amide bonds. The Morgan fingerprint density at radius 2 is 2.47 bits per heavy atom. The molecule has 0 radical (unpaired) electrons. The molecular weight excluding hydrogens is 218 g/mol. The Morgan fingerprint density at radius 1 is 1.67 bits per heavy atom. The second kappa shape index (κ2) is 3.87. The van der Waals surface area contributed by atoms with Crippen LogP contribution in [0.5, 0.6) is 0 Å². The third-order valence-corrected chi connectivity index (χ3v) is 2.89. The van der Waals surface area contributed by atoms with Crippen LogP contribution in [-0.4, -0.2) is 19.6 Å². The molecule has 15 heavy (non-hydrogen) atoms. The van der Waals surface area contributed by atoms with Crippen molar-refractivity contribution in [1.82, 2.24) is 5.32 Å². The van der Waals surface area contributed by atoms with E-state index in [0.29, 0.717) is 12.2 Å². The molecule has 1 fully saturated rings. The Balaban J connectivity index is 2.38. The molecule has 5 heteroatoms. The van der Waals surface area contributed by atoms with Gasteiger partial charge in [-0.1, -0.05) is 0 Å². The molecule has 1 N–H and O–H groups in total. The first-order valence-corrected chi connectivity index (χ1v) is 5.16. The highest BCUT2D eigenvalue weighted by Gasteiger charge is 2.46. The SMILES string of the molecule is COC(=O)C1(c2ccc(Cl)o2)CCCN1. The minimum atomic E-state index is -0.845. The van der Waals surface area contributed by atoms with E-state index in [4.69, 9.17) is 20.8 Å². The largest absolute Gasteiger partial charge is 0.467 e. The smallest absolute Gasteiger partial charge is 0.334 e. The Bertz CT molecular complexity index is 368. The number of esters is 1. The van der Waals surface area contributed by atoms with Crippen LogP contribution in [0, 0.1) is 0 Å². The lowest BCUT2D eigenvalue weighted by molar-refractivity contribution is -0.149. The van der Waals surface area contributed by atoms with Crippen LogP contribution in [0.15, 0.2) is 16.5 Å². The maximum atomic E-state index is 11.8. The first-order chi connectivity index (χ1) is 7.19. The van der Waals surface area contributed by atoms with Crippen molar-refractivity contribution in [2.24, 2.45) is 0 Å². The third kappa shape index (κ3) is 1.64. The van der Waals surface area contributed by atoms with Crippen molar-refractivity contribution >= 4 is 17.6 Å². The number of nitrogens with one attached hydrogen (secondary N) is 1. The van der Waals surface area contributed by atoms with E-state index in [-0.39, 0.29) is 11.2 Å². The average molecular weight is 230 g/mol. The molecule has 1 unspecified atom stereocenters. The van der Waals surface area contributed by atoms with Crippen molar-refractivity contribution in [3.8, 4) is 0 Å². The third-order valence-electron chi connectivity index (χ3n) is 2.68. The van der Waals surface area contributed by atoms with Crippen LogP contribution in [0.3, 0.4) is 0 Å². The summed E-state index contributed by atoms with van der Waals surface area (Å²) < 4.78 is 10.1. The van der Waals surface area contributed by atoms with Gasteiger partial charge in [-0.05, 0) is 43.1 Å². The molecule has 2 rings (SSSR count). The van der Waals surface area contributed by atoms with Crippen molar-refractivity contribution in [3.05, 3.63) is 23.1 Å². The molecule has 1 aliphatic heterocycles. The lowest BCUT2D eigenvalue weighted by atomic mass is 9.94. The van der Waals surface area contributed by atoms with Gasteiger partial charge in [-0.3, -0.25) is 5.32 Å². The summed E-state index contributed by atoms with van der Waals surface area (Å²) >= 11 is 5.70. The molecule has 0 bridgehead atoms. The highest BCUT2D eigenvalue weighted by atomic mass is 35.5. The first-order valence-electron chi connectivity index (χ1n) is 4.78. The maximum Gasteiger partial charge on any atom is 0.334 e. The molecule has 1 saturated heterocycles. The first kappa shape index (κ1) is 10.5. The van der Waals surface area contributed by atoms with Gasteiger partial charge in [0.15, 0.2) is 10.8 Å². The highest BCUT2D eigenvalue weighted by Crippen LogP contribution is 2.34. The van der Waals surface area contributed by atoms with Crippen LogP contribution in [0.2, 0.25) is 5.22 Å². The minimum absolute atomic E-state index is 0.280. The number of methoxy groups -OCH3 is 1. The monoisotopic (exact) mass is 229 g/mol. The lowest BCUT2D eigenvalue weighted by Crippen LogP contribution is -2.45. The van der Waals surface area contributed by atoms with Gasteiger partial charge < -0.3 is 9.15 Å². The summed E-state index contributed by atoms with van der Waals surface area (Å²) in [5.41, 5.74) is -0.845. The fourth-order valence-corrected chi connectivity index (χ4v) is 2.09. The molecular formula is C10H12ClNO3. The van der Waals surface area contributed by atoms with Gasteiger partial charge in [0.25, 0.3) is 0 Å². The van der Waals surface area contributed by atoms with Crippen molar-refractivity contribution in [1.29, 1.82) is 0 Å². The van der Waals surface area contributed by atoms with Gasteiger partial charge in [-0.25, -0.2) is 4.79 Å². The topological polar surface area (TPSA) is 51.5 Å². The van der Waals surface area contributed by atoms with Gasteiger partial charge >= 0.3 is 5.97 Å². The summed E-state index contributed by atoms with van der Waals surface area (Å²) in [5, 5.41) is 3.40. The molecule has 2 heterocycles. The van der Waals surface area contributed by atoms with Gasteiger partial charge in [0.1, 0.15) is 5.76 Å². The van der Waals surface area contributed by atoms with Crippen molar-refractivity contribution < 1.29 is 13.9 Å². The zero-order valence-electron chi connectivity index (χ0n) is 8.38. The zero-order chi connectivity index (χ0) is 10.9. The van der Waals surface area contributed by atoms with Gasteiger partial charge in [0.2, 0.25) is 0 Å². The Labute approximate surface area is 92.5 Å². The van der Waals surface area contributed by atoms with E-state index in [2.05, 4.69) is 5.32 Å². The van der Waals surface area contributed by atoms with Crippen LogP contribution in [0.1, 0.15) is 18.6 Å². The Morgan fingerprint density at radius 3 is 2.93 bits per heavy atom. The van der Waals surface area contributed by atoms with E-state index >= 15 is 0 Å². The summed E-state index contributed by atoms with van der Waals surface area (Å²) in [6.45, 7) is 0.771. The van der Waals surface area contributed by atoms with Gasteiger partial charge in [-0.2, -0.15) is 0 Å². The highest BCUT2D eigenvalue weighted by molar-refractivity contribution is 6.28. The molecule has 0 saturated carbocycles. The van der Waals surface area contributed by atoms with Crippen LogP contribution in [0.4, 0.5) is 0 Å².